The molecular formula is C14H20Cl2N2O. The summed E-state index contributed by atoms with van der Waals surface area (Å²) in [5.74, 6) is 0.0737. The monoisotopic (exact) mass is 302 g/mol. The number of benzene rings is 1. The Morgan fingerprint density at radius 1 is 1.32 bits per heavy atom. The van der Waals surface area contributed by atoms with Gasteiger partial charge in [0, 0.05) is 25.6 Å². The lowest BCUT2D eigenvalue weighted by atomic mass is 10.00. The second kappa shape index (κ2) is 6.60. The van der Waals surface area contributed by atoms with Gasteiger partial charge in [0.2, 0.25) is 5.91 Å². The first kappa shape index (κ1) is 16.3. The van der Waals surface area contributed by atoms with Crippen LogP contribution in [0.2, 0.25) is 10.0 Å². The highest BCUT2D eigenvalue weighted by atomic mass is 35.5. The first-order valence-corrected chi connectivity index (χ1v) is 6.91. The van der Waals surface area contributed by atoms with Crippen molar-refractivity contribution in [3.63, 3.8) is 0 Å². The molecule has 0 aliphatic heterocycles. The van der Waals surface area contributed by atoms with Crippen LogP contribution >= 0.6 is 23.2 Å². The van der Waals surface area contributed by atoms with Crippen LogP contribution in [-0.4, -0.2) is 23.4 Å². The van der Waals surface area contributed by atoms with E-state index in [9.17, 15) is 4.79 Å². The summed E-state index contributed by atoms with van der Waals surface area (Å²) in [6, 6.07) is 5.38. The molecule has 3 nitrogen and oxygen atoms in total. The topological polar surface area (TPSA) is 46.3 Å². The van der Waals surface area contributed by atoms with E-state index in [1.807, 2.05) is 19.9 Å². The molecule has 2 N–H and O–H groups in total. The smallest absolute Gasteiger partial charge is 0.222 e. The van der Waals surface area contributed by atoms with Gasteiger partial charge in [-0.3, -0.25) is 4.79 Å². The standard InChI is InChI=1S/C14H20Cl2N2O/c1-14(2,17)7-6-13(19)18(3)9-10-4-5-11(15)12(16)8-10/h4-5,8H,6-7,9,17H2,1-3H3. The van der Waals surface area contributed by atoms with Gasteiger partial charge in [-0.2, -0.15) is 0 Å². The van der Waals surface area contributed by atoms with Crippen LogP contribution in [0.25, 0.3) is 0 Å². The van der Waals surface area contributed by atoms with E-state index in [1.165, 1.54) is 0 Å². The van der Waals surface area contributed by atoms with Gasteiger partial charge in [0.25, 0.3) is 0 Å². The summed E-state index contributed by atoms with van der Waals surface area (Å²) in [6.45, 7) is 4.35. The van der Waals surface area contributed by atoms with Gasteiger partial charge < -0.3 is 10.6 Å². The average molecular weight is 303 g/mol. The molecule has 0 heterocycles. The Hall–Kier alpha value is -0.770. The van der Waals surface area contributed by atoms with Crippen molar-refractivity contribution < 1.29 is 4.79 Å². The predicted molar refractivity (Wildman–Crippen MR) is 80.4 cm³/mol. The van der Waals surface area contributed by atoms with E-state index < -0.39 is 0 Å². The lowest BCUT2D eigenvalue weighted by Crippen LogP contribution is -2.34. The summed E-state index contributed by atoms with van der Waals surface area (Å²) in [5, 5.41) is 1.02. The quantitative estimate of drug-likeness (QED) is 0.905. The first-order chi connectivity index (χ1) is 8.69. The molecule has 0 aliphatic rings. The molecule has 0 unspecified atom stereocenters. The molecule has 1 aromatic carbocycles. The highest BCUT2D eigenvalue weighted by Gasteiger charge is 2.16. The minimum Gasteiger partial charge on any atom is -0.341 e. The molecule has 1 aromatic rings. The zero-order valence-corrected chi connectivity index (χ0v) is 13.1. The lowest BCUT2D eigenvalue weighted by Gasteiger charge is -2.21. The van der Waals surface area contributed by atoms with Gasteiger partial charge in [0.15, 0.2) is 0 Å². The van der Waals surface area contributed by atoms with Crippen LogP contribution in [0.15, 0.2) is 18.2 Å². The van der Waals surface area contributed by atoms with Gasteiger partial charge in [-0.05, 0) is 38.0 Å². The van der Waals surface area contributed by atoms with E-state index in [0.717, 1.165) is 5.56 Å². The molecule has 1 rings (SSSR count). The Balaban J connectivity index is 2.56. The van der Waals surface area contributed by atoms with Crippen molar-refractivity contribution >= 4 is 29.1 Å². The maximum absolute atomic E-state index is 12.0. The predicted octanol–water partition coefficient (Wildman–Crippen LogP) is 3.47. The van der Waals surface area contributed by atoms with E-state index in [0.29, 0.717) is 29.4 Å². The van der Waals surface area contributed by atoms with Gasteiger partial charge in [-0.1, -0.05) is 29.3 Å². The molecular weight excluding hydrogens is 283 g/mol. The van der Waals surface area contributed by atoms with Crippen LogP contribution in [0.5, 0.6) is 0 Å². The van der Waals surface area contributed by atoms with Crippen molar-refractivity contribution in [1.29, 1.82) is 0 Å². The highest BCUT2D eigenvalue weighted by Crippen LogP contribution is 2.23. The molecule has 1 amide bonds. The minimum absolute atomic E-state index is 0.0737. The van der Waals surface area contributed by atoms with Gasteiger partial charge >= 0.3 is 0 Å². The third-order valence-electron chi connectivity index (χ3n) is 2.81. The Bertz CT molecular complexity index is 455. The summed E-state index contributed by atoms with van der Waals surface area (Å²) in [6.07, 6.45) is 1.11. The second-order valence-corrected chi connectivity index (χ2v) is 6.30. The van der Waals surface area contributed by atoms with Crippen molar-refractivity contribution in [2.24, 2.45) is 5.73 Å². The van der Waals surface area contributed by atoms with Crippen molar-refractivity contribution in [2.75, 3.05) is 7.05 Å². The molecule has 0 bridgehead atoms. The summed E-state index contributed by atoms with van der Waals surface area (Å²) in [5.41, 5.74) is 6.51. The number of hydrogen-bond acceptors (Lipinski definition) is 2. The number of nitrogens with two attached hydrogens (primary N) is 1. The van der Waals surface area contributed by atoms with Gasteiger partial charge in [0.05, 0.1) is 10.0 Å². The number of hydrogen-bond donors (Lipinski definition) is 1. The third kappa shape index (κ3) is 5.81. The van der Waals surface area contributed by atoms with Crippen molar-refractivity contribution in [3.05, 3.63) is 33.8 Å². The number of rotatable bonds is 5. The largest absolute Gasteiger partial charge is 0.341 e. The fourth-order valence-corrected chi connectivity index (χ4v) is 1.94. The Morgan fingerprint density at radius 2 is 1.95 bits per heavy atom. The van der Waals surface area contributed by atoms with E-state index in [-0.39, 0.29) is 11.4 Å². The van der Waals surface area contributed by atoms with Crippen LogP contribution < -0.4 is 5.73 Å². The maximum Gasteiger partial charge on any atom is 0.222 e. The summed E-state index contributed by atoms with van der Waals surface area (Å²) < 4.78 is 0. The number of carbonyl (C=O) groups is 1. The van der Waals surface area contributed by atoms with Crippen molar-refractivity contribution in [2.45, 2.75) is 38.8 Å². The average Bonchev–Trinajstić information content (AvgIpc) is 2.29. The van der Waals surface area contributed by atoms with Crippen LogP contribution in [0, 0.1) is 0 Å². The Kier molecular flexibility index (Phi) is 5.65. The van der Waals surface area contributed by atoms with Gasteiger partial charge in [-0.25, -0.2) is 0 Å². The lowest BCUT2D eigenvalue weighted by molar-refractivity contribution is -0.130. The number of halogens is 2. The molecule has 0 spiro atoms. The molecule has 0 fully saturated rings. The first-order valence-electron chi connectivity index (χ1n) is 6.16. The van der Waals surface area contributed by atoms with E-state index in [1.54, 1.807) is 24.1 Å². The zero-order valence-electron chi connectivity index (χ0n) is 11.5. The summed E-state index contributed by atoms with van der Waals surface area (Å²) in [7, 11) is 1.77. The Labute approximate surface area is 124 Å². The van der Waals surface area contributed by atoms with Crippen LogP contribution in [0.4, 0.5) is 0 Å². The van der Waals surface area contributed by atoms with E-state index in [2.05, 4.69) is 0 Å². The van der Waals surface area contributed by atoms with Gasteiger partial charge in [0.1, 0.15) is 0 Å². The molecule has 0 radical (unpaired) electrons. The van der Waals surface area contributed by atoms with Crippen LogP contribution in [-0.2, 0) is 11.3 Å². The van der Waals surface area contributed by atoms with Crippen LogP contribution in [0.3, 0.4) is 0 Å². The second-order valence-electron chi connectivity index (χ2n) is 5.49. The third-order valence-corrected chi connectivity index (χ3v) is 3.55. The van der Waals surface area contributed by atoms with Crippen molar-refractivity contribution in [1.82, 2.24) is 4.90 Å². The van der Waals surface area contributed by atoms with E-state index >= 15 is 0 Å². The van der Waals surface area contributed by atoms with E-state index in [4.69, 9.17) is 28.9 Å². The van der Waals surface area contributed by atoms with Crippen LogP contribution in [0.1, 0.15) is 32.3 Å². The molecule has 106 valence electrons. The zero-order chi connectivity index (χ0) is 14.6. The summed E-state index contributed by atoms with van der Waals surface area (Å²) in [4.78, 5) is 13.6. The molecule has 0 aromatic heterocycles. The molecule has 0 saturated heterocycles. The highest BCUT2D eigenvalue weighted by molar-refractivity contribution is 6.42. The fourth-order valence-electron chi connectivity index (χ4n) is 1.62. The number of nitrogens with zero attached hydrogens (tertiary/aromatic N) is 1. The number of amides is 1. The fraction of sp³-hybridized carbons (Fsp3) is 0.500. The molecule has 0 saturated carbocycles. The molecule has 19 heavy (non-hydrogen) atoms. The maximum atomic E-state index is 12.0. The summed E-state index contributed by atoms with van der Waals surface area (Å²) >= 11 is 11.8. The normalized spacial score (nSPS) is 11.5. The number of carbonyl (C=O) groups excluding carboxylic acids is 1. The molecule has 0 atom stereocenters. The SMILES string of the molecule is CN(Cc1ccc(Cl)c(Cl)c1)C(=O)CCC(C)(C)N. The van der Waals surface area contributed by atoms with Crippen molar-refractivity contribution in [3.8, 4) is 0 Å². The Morgan fingerprint density at radius 3 is 2.47 bits per heavy atom. The minimum atomic E-state index is -0.319. The molecule has 5 heteroatoms. The molecule has 0 aliphatic carbocycles. The van der Waals surface area contributed by atoms with Gasteiger partial charge in [-0.15, -0.1) is 0 Å².